The molecule has 1 aliphatic rings. The molecule has 0 saturated heterocycles. The van der Waals surface area contributed by atoms with Crippen LogP contribution in [0.15, 0.2) is 48.8 Å². The van der Waals surface area contributed by atoms with Crippen LogP contribution in [0.25, 0.3) is 5.65 Å². The smallest absolute Gasteiger partial charge is 0.257 e. The van der Waals surface area contributed by atoms with Gasteiger partial charge in [0.05, 0.1) is 17.8 Å². The summed E-state index contributed by atoms with van der Waals surface area (Å²) in [6.07, 6.45) is 5.89. The van der Waals surface area contributed by atoms with Crippen molar-refractivity contribution in [3.8, 4) is 5.75 Å². The quantitative estimate of drug-likeness (QED) is 0.671. The van der Waals surface area contributed by atoms with Crippen LogP contribution in [0.5, 0.6) is 5.75 Å². The predicted molar refractivity (Wildman–Crippen MR) is 109 cm³/mol. The number of nitrogens with one attached hydrogen (secondary N) is 1. The molecule has 0 atom stereocenters. The fourth-order valence-electron chi connectivity index (χ4n) is 3.19. The summed E-state index contributed by atoms with van der Waals surface area (Å²) in [6, 6.07) is 11.3. The van der Waals surface area contributed by atoms with Crippen molar-refractivity contribution >= 4 is 17.5 Å². The highest BCUT2D eigenvalue weighted by atomic mass is 16.5. The Morgan fingerprint density at radius 2 is 2.03 bits per heavy atom. The van der Waals surface area contributed by atoms with Gasteiger partial charge in [-0.05, 0) is 43.5 Å². The van der Waals surface area contributed by atoms with Crippen LogP contribution in [0.1, 0.15) is 34.5 Å². The van der Waals surface area contributed by atoms with Gasteiger partial charge in [0.15, 0.2) is 0 Å². The van der Waals surface area contributed by atoms with Crippen molar-refractivity contribution in [2.24, 2.45) is 0 Å². The third-order valence-electron chi connectivity index (χ3n) is 4.89. The van der Waals surface area contributed by atoms with Gasteiger partial charge < -0.3 is 19.4 Å². The highest BCUT2D eigenvalue weighted by Gasteiger charge is 2.25. The first kappa shape index (κ1) is 19.0. The molecule has 2 heterocycles. The van der Waals surface area contributed by atoms with E-state index < -0.39 is 0 Å². The second-order valence-electron chi connectivity index (χ2n) is 7.44. The molecule has 0 bridgehead atoms. The Morgan fingerprint density at radius 3 is 2.79 bits per heavy atom. The number of nitrogens with zero attached hydrogens (tertiary/aromatic N) is 3. The molecular formula is C22H24N4O3. The second-order valence-corrected chi connectivity index (χ2v) is 7.44. The molecule has 1 N–H and O–H groups in total. The third kappa shape index (κ3) is 4.39. The van der Waals surface area contributed by atoms with Gasteiger partial charge >= 0.3 is 0 Å². The Balaban J connectivity index is 1.44. The Hall–Kier alpha value is -3.35. The van der Waals surface area contributed by atoms with Crippen molar-refractivity contribution in [1.82, 2.24) is 19.6 Å². The number of carbonyl (C=O) groups is 2. The van der Waals surface area contributed by atoms with E-state index in [4.69, 9.17) is 4.74 Å². The van der Waals surface area contributed by atoms with Crippen LogP contribution < -0.4 is 10.1 Å². The number of fused-ring (bicyclic) bond motifs is 1. The molecule has 0 spiro atoms. The van der Waals surface area contributed by atoms with Crippen LogP contribution >= 0.6 is 0 Å². The van der Waals surface area contributed by atoms with Crippen LogP contribution in [0.2, 0.25) is 0 Å². The van der Waals surface area contributed by atoms with E-state index in [9.17, 15) is 9.59 Å². The standard InChI is InChI=1S/C22H24N4O3/c1-15-6-5-11-26-12-17(24-21(15)26)14-29-19-8-4-3-7-18(19)22(28)25(2)13-20(27)23-16-9-10-16/h3-8,11-12,16H,9-10,13-14H2,1-2H3,(H,23,27). The maximum Gasteiger partial charge on any atom is 0.257 e. The number of hydrogen-bond acceptors (Lipinski definition) is 4. The first-order valence-corrected chi connectivity index (χ1v) is 9.71. The minimum absolute atomic E-state index is 0.0232. The van der Waals surface area contributed by atoms with E-state index in [0.717, 1.165) is 29.7 Å². The van der Waals surface area contributed by atoms with Gasteiger partial charge in [0.25, 0.3) is 5.91 Å². The van der Waals surface area contributed by atoms with E-state index in [2.05, 4.69) is 10.3 Å². The van der Waals surface area contributed by atoms with Gasteiger partial charge in [-0.1, -0.05) is 18.2 Å². The fraction of sp³-hybridized carbons (Fsp3) is 0.318. The minimum Gasteiger partial charge on any atom is -0.486 e. The van der Waals surface area contributed by atoms with E-state index in [1.807, 2.05) is 41.9 Å². The van der Waals surface area contributed by atoms with Gasteiger partial charge in [-0.2, -0.15) is 0 Å². The number of benzene rings is 1. The second kappa shape index (κ2) is 7.95. The number of imidazole rings is 1. The summed E-state index contributed by atoms with van der Waals surface area (Å²) in [5.74, 6) is 0.0833. The molecule has 150 valence electrons. The number of aromatic nitrogens is 2. The van der Waals surface area contributed by atoms with Crippen molar-refractivity contribution in [2.75, 3.05) is 13.6 Å². The summed E-state index contributed by atoms with van der Waals surface area (Å²) >= 11 is 0. The molecule has 1 aliphatic carbocycles. The maximum atomic E-state index is 12.8. The Morgan fingerprint density at radius 1 is 1.24 bits per heavy atom. The molecule has 4 rings (SSSR count). The van der Waals surface area contributed by atoms with Crippen LogP contribution in [0.4, 0.5) is 0 Å². The van der Waals surface area contributed by atoms with Gasteiger partial charge in [0, 0.05) is 25.5 Å². The van der Waals surface area contributed by atoms with Crippen molar-refractivity contribution in [3.05, 3.63) is 65.6 Å². The van der Waals surface area contributed by atoms with E-state index in [1.165, 1.54) is 4.90 Å². The predicted octanol–water partition coefficient (Wildman–Crippen LogP) is 2.57. The number of rotatable bonds is 7. The summed E-state index contributed by atoms with van der Waals surface area (Å²) in [4.78, 5) is 30.9. The summed E-state index contributed by atoms with van der Waals surface area (Å²) in [5, 5.41) is 2.89. The number of ether oxygens (including phenoxy) is 1. The molecule has 1 fully saturated rings. The lowest BCUT2D eigenvalue weighted by Crippen LogP contribution is -2.39. The number of aryl methyl sites for hydroxylation is 1. The van der Waals surface area contributed by atoms with E-state index in [-0.39, 0.29) is 31.0 Å². The number of likely N-dealkylation sites (N-methyl/N-ethyl adjacent to an activating group) is 1. The molecule has 1 saturated carbocycles. The Kier molecular flexibility index (Phi) is 5.20. The zero-order valence-electron chi connectivity index (χ0n) is 16.6. The normalized spacial score (nSPS) is 13.3. The highest BCUT2D eigenvalue weighted by Crippen LogP contribution is 2.22. The molecule has 3 aromatic rings. The first-order chi connectivity index (χ1) is 14.0. The molecular weight excluding hydrogens is 368 g/mol. The molecule has 0 aliphatic heterocycles. The van der Waals surface area contributed by atoms with Crippen molar-refractivity contribution < 1.29 is 14.3 Å². The molecule has 7 heteroatoms. The van der Waals surface area contributed by atoms with Crippen LogP contribution in [-0.2, 0) is 11.4 Å². The largest absolute Gasteiger partial charge is 0.486 e. The van der Waals surface area contributed by atoms with Gasteiger partial charge in [-0.3, -0.25) is 9.59 Å². The Labute approximate surface area is 169 Å². The topological polar surface area (TPSA) is 75.9 Å². The summed E-state index contributed by atoms with van der Waals surface area (Å²) in [5.41, 5.74) is 3.17. The number of amides is 2. The maximum absolute atomic E-state index is 12.8. The highest BCUT2D eigenvalue weighted by molar-refractivity contribution is 5.98. The summed E-state index contributed by atoms with van der Waals surface area (Å²) < 4.78 is 7.88. The van der Waals surface area contributed by atoms with E-state index in [1.54, 1.807) is 25.2 Å². The molecule has 1 aromatic carbocycles. The van der Waals surface area contributed by atoms with Crippen LogP contribution in [0, 0.1) is 6.92 Å². The van der Waals surface area contributed by atoms with Gasteiger partial charge in [0.2, 0.25) is 5.91 Å². The average molecular weight is 392 g/mol. The lowest BCUT2D eigenvalue weighted by atomic mass is 10.1. The molecule has 0 radical (unpaired) electrons. The summed E-state index contributed by atoms with van der Waals surface area (Å²) in [6.45, 7) is 2.28. The van der Waals surface area contributed by atoms with Crippen molar-refractivity contribution in [1.29, 1.82) is 0 Å². The van der Waals surface area contributed by atoms with E-state index >= 15 is 0 Å². The zero-order chi connectivity index (χ0) is 20.4. The number of para-hydroxylation sites is 1. The number of pyridine rings is 1. The van der Waals surface area contributed by atoms with Crippen molar-refractivity contribution in [2.45, 2.75) is 32.4 Å². The summed E-state index contributed by atoms with van der Waals surface area (Å²) in [7, 11) is 1.62. The molecule has 29 heavy (non-hydrogen) atoms. The first-order valence-electron chi connectivity index (χ1n) is 9.71. The molecule has 2 amide bonds. The lowest BCUT2D eigenvalue weighted by molar-refractivity contribution is -0.121. The van der Waals surface area contributed by atoms with Crippen molar-refractivity contribution in [3.63, 3.8) is 0 Å². The molecule has 0 unspecified atom stereocenters. The van der Waals surface area contributed by atoms with Gasteiger partial charge in [-0.15, -0.1) is 0 Å². The van der Waals surface area contributed by atoms with Gasteiger partial charge in [0.1, 0.15) is 18.0 Å². The van der Waals surface area contributed by atoms with Gasteiger partial charge in [-0.25, -0.2) is 4.98 Å². The monoisotopic (exact) mass is 392 g/mol. The SMILES string of the molecule is Cc1cccn2cc(COc3ccccc3C(=O)N(C)CC(=O)NC3CC3)nc12. The average Bonchev–Trinajstić information content (AvgIpc) is 3.41. The third-order valence-corrected chi connectivity index (χ3v) is 4.89. The molecule has 7 nitrogen and oxygen atoms in total. The van der Waals surface area contributed by atoms with Crippen LogP contribution in [0.3, 0.4) is 0 Å². The fourth-order valence-corrected chi connectivity index (χ4v) is 3.19. The number of hydrogen-bond donors (Lipinski definition) is 1. The minimum atomic E-state index is -0.252. The zero-order valence-corrected chi connectivity index (χ0v) is 16.6. The van der Waals surface area contributed by atoms with E-state index in [0.29, 0.717) is 11.3 Å². The molecule has 2 aromatic heterocycles. The number of carbonyl (C=O) groups excluding carboxylic acids is 2. The van der Waals surface area contributed by atoms with Crippen LogP contribution in [-0.4, -0.2) is 45.7 Å². The Bertz CT molecular complexity index is 1060. The lowest BCUT2D eigenvalue weighted by Gasteiger charge is -2.18.